The van der Waals surface area contributed by atoms with Crippen LogP contribution in [0.4, 0.5) is 0 Å². The Labute approximate surface area is 307 Å². The first-order chi connectivity index (χ1) is 25.2. The molecule has 7 aromatic carbocycles. The van der Waals surface area contributed by atoms with Gasteiger partial charge in [0.15, 0.2) is 0 Å². The predicted octanol–water partition coefficient (Wildman–Crippen LogP) is 10.3. The van der Waals surface area contributed by atoms with Gasteiger partial charge >= 0.3 is 297 Å². The van der Waals surface area contributed by atoms with Gasteiger partial charge in [0, 0.05) is 0 Å². The number of benzene rings is 7. The molecule has 1 atom stereocenters. The average Bonchev–Trinajstić information content (AvgIpc) is 3.48. The van der Waals surface area contributed by atoms with Gasteiger partial charge in [0.25, 0.3) is 0 Å². The molecule has 1 unspecified atom stereocenters. The van der Waals surface area contributed by atoms with E-state index < -0.39 is 7.26 Å². The summed E-state index contributed by atoms with van der Waals surface area (Å²) in [5, 5.41) is 9.65. The van der Waals surface area contributed by atoms with Crippen LogP contribution in [0.5, 0.6) is 0 Å². The van der Waals surface area contributed by atoms with E-state index in [0.29, 0.717) is 0 Å². The number of fused-ring (bicyclic) bond motifs is 2. The molecule has 51 heavy (non-hydrogen) atoms. The summed E-state index contributed by atoms with van der Waals surface area (Å²) in [6.07, 6.45) is 4.69. The Morgan fingerprint density at radius 2 is 0.961 bits per heavy atom. The van der Waals surface area contributed by atoms with Crippen molar-refractivity contribution in [3.8, 4) is 0 Å². The van der Waals surface area contributed by atoms with Crippen molar-refractivity contribution in [2.45, 2.75) is 31.9 Å². The monoisotopic (exact) mass is 700 g/mol. The first kappa shape index (κ1) is 33.3. The number of rotatable bonds is 12. The zero-order chi connectivity index (χ0) is 34.5. The number of allylic oxidation sites excluding steroid dienone is 1. The Kier molecular flexibility index (Phi) is 9.93. The normalized spacial score (nSPS) is 15.0. The molecule has 1 heterocycles. The Balaban J connectivity index is 1.08. The molecule has 0 spiro atoms. The molecular weight excluding hydrogens is 656 g/mol. The van der Waals surface area contributed by atoms with Crippen LogP contribution in [0.2, 0.25) is 0 Å². The zero-order valence-electron chi connectivity index (χ0n) is 29.2. The van der Waals surface area contributed by atoms with Crippen LogP contribution in [0.1, 0.15) is 24.5 Å². The molecule has 254 valence electrons. The number of nitrogens with zero attached hydrogens (tertiary/aromatic N) is 2. The molecular formula is C47H45N2PS. The van der Waals surface area contributed by atoms with Crippen molar-refractivity contribution >= 4 is 56.5 Å². The van der Waals surface area contributed by atoms with E-state index in [9.17, 15) is 0 Å². The van der Waals surface area contributed by atoms with Crippen LogP contribution in [-0.4, -0.2) is 27.2 Å². The number of hydrogen-bond acceptors (Lipinski definition) is 3. The molecule has 0 fully saturated rings. The summed E-state index contributed by atoms with van der Waals surface area (Å²) < 4.78 is 0. The second-order valence-corrected chi connectivity index (χ2v) is 18.9. The van der Waals surface area contributed by atoms with Crippen molar-refractivity contribution in [2.75, 3.05) is 11.9 Å². The van der Waals surface area contributed by atoms with Crippen molar-refractivity contribution in [1.82, 2.24) is 9.80 Å². The van der Waals surface area contributed by atoms with E-state index in [-0.39, 0.29) is 5.50 Å². The molecule has 8 rings (SSSR count). The fourth-order valence-electron chi connectivity index (χ4n) is 7.95. The molecule has 0 N–H and O–H groups in total. The maximum absolute atomic E-state index is 2.62. The van der Waals surface area contributed by atoms with Crippen molar-refractivity contribution < 1.29 is 0 Å². The summed E-state index contributed by atoms with van der Waals surface area (Å²) in [5.74, 6) is 1.08. The molecule has 4 heteroatoms. The van der Waals surface area contributed by atoms with Crippen molar-refractivity contribution in [3.63, 3.8) is 0 Å². The zero-order valence-corrected chi connectivity index (χ0v) is 31.1. The summed E-state index contributed by atoms with van der Waals surface area (Å²) in [6, 6.07) is 65.3. The van der Waals surface area contributed by atoms with Gasteiger partial charge in [0.05, 0.1) is 0 Å². The van der Waals surface area contributed by atoms with Gasteiger partial charge in [-0.05, 0) is 0 Å². The maximum atomic E-state index is 2.62. The molecule has 0 bridgehead atoms. The second-order valence-electron chi connectivity index (χ2n) is 13.7. The van der Waals surface area contributed by atoms with Gasteiger partial charge in [0.2, 0.25) is 0 Å². The summed E-state index contributed by atoms with van der Waals surface area (Å²) in [5.41, 5.74) is 4.23. The van der Waals surface area contributed by atoms with Crippen molar-refractivity contribution in [3.05, 3.63) is 199 Å². The number of thioether (sulfide) groups is 1. The number of hydrogen-bond donors (Lipinski definition) is 0. The van der Waals surface area contributed by atoms with E-state index in [1.165, 1.54) is 54.3 Å². The Morgan fingerprint density at radius 3 is 1.47 bits per heavy atom. The van der Waals surface area contributed by atoms with Crippen molar-refractivity contribution in [2.24, 2.45) is 0 Å². The van der Waals surface area contributed by atoms with Crippen LogP contribution in [0.3, 0.4) is 0 Å². The Bertz CT molecular complexity index is 2160. The van der Waals surface area contributed by atoms with Gasteiger partial charge in [0.1, 0.15) is 0 Å². The van der Waals surface area contributed by atoms with Crippen molar-refractivity contribution in [1.29, 1.82) is 0 Å². The molecule has 2 nitrogen and oxygen atoms in total. The summed E-state index contributed by atoms with van der Waals surface area (Å²) >= 11 is 2.10. The third-order valence-corrected chi connectivity index (χ3v) is 16.9. The summed E-state index contributed by atoms with van der Waals surface area (Å²) in [6.45, 7) is 4.05. The molecule has 0 aliphatic carbocycles. The first-order valence-corrected chi connectivity index (χ1v) is 21.4. The fraction of sp³-hybridized carbons (Fsp3) is 0.149. The molecule has 0 amide bonds. The fourth-order valence-corrected chi connectivity index (χ4v) is 14.3. The standard InChI is InChI=1S/C47H45N2PS/c1-37-34-48(35-38-26-28-40-16-11-13-18-42(40)32-38)47(49(37)36-39-27-29-41-17-12-14-19-43(41)33-39)51-31-15-30-50(44-20-5-2-6-21-44,45-22-7-3-8-23-45)46-24-9-4-10-25-46/h2-14,16-29,32-34,47,50H,15,30-31,35-36H2,1H3. The topological polar surface area (TPSA) is 6.48 Å². The second kappa shape index (κ2) is 15.2. The minimum atomic E-state index is -2.28. The van der Waals surface area contributed by atoms with Gasteiger partial charge < -0.3 is 0 Å². The molecule has 0 saturated carbocycles. The third-order valence-electron chi connectivity index (χ3n) is 10.5. The molecule has 1 aliphatic rings. The van der Waals surface area contributed by atoms with Gasteiger partial charge in [-0.3, -0.25) is 0 Å². The average molecular weight is 701 g/mol. The third kappa shape index (κ3) is 7.07. The van der Waals surface area contributed by atoms with E-state index in [2.05, 4.69) is 211 Å². The van der Waals surface area contributed by atoms with Crippen LogP contribution < -0.4 is 15.9 Å². The van der Waals surface area contributed by atoms with Crippen LogP contribution in [0, 0.1) is 0 Å². The first-order valence-electron chi connectivity index (χ1n) is 18.1. The van der Waals surface area contributed by atoms with E-state index in [0.717, 1.165) is 31.4 Å². The molecule has 7 aromatic rings. The van der Waals surface area contributed by atoms with E-state index in [1.807, 2.05) is 0 Å². The van der Waals surface area contributed by atoms with Gasteiger partial charge in [-0.25, -0.2) is 0 Å². The summed E-state index contributed by atoms with van der Waals surface area (Å²) in [4.78, 5) is 5.19. The van der Waals surface area contributed by atoms with Crippen LogP contribution >= 0.6 is 19.0 Å². The minimum absolute atomic E-state index is 0.212. The molecule has 0 radical (unpaired) electrons. The van der Waals surface area contributed by atoms with Gasteiger partial charge in [-0.1, -0.05) is 12.1 Å². The Morgan fingerprint density at radius 1 is 0.510 bits per heavy atom. The molecule has 1 aliphatic heterocycles. The molecule has 0 aromatic heterocycles. The SMILES string of the molecule is CC1=CN(Cc2ccc3ccccc3c2)C(SCCC[PH](c2ccccc2)(c2ccccc2)c2ccccc2)N1Cc1ccc2ccccc2c1. The molecule has 0 saturated heterocycles. The Hall–Kier alpha value is -4.82. The quantitative estimate of drug-likeness (QED) is 0.0926. The van der Waals surface area contributed by atoms with E-state index >= 15 is 0 Å². The van der Waals surface area contributed by atoms with Crippen LogP contribution in [0.25, 0.3) is 21.5 Å². The van der Waals surface area contributed by atoms with Gasteiger partial charge in [-0.2, -0.15) is 0 Å². The predicted molar refractivity (Wildman–Crippen MR) is 225 cm³/mol. The van der Waals surface area contributed by atoms with Gasteiger partial charge in [-0.15, -0.1) is 0 Å². The summed E-state index contributed by atoms with van der Waals surface area (Å²) in [7, 11) is -2.28. The van der Waals surface area contributed by atoms with E-state index in [4.69, 9.17) is 0 Å². The van der Waals surface area contributed by atoms with E-state index in [1.54, 1.807) is 0 Å². The van der Waals surface area contributed by atoms with Crippen LogP contribution in [0.15, 0.2) is 188 Å². The van der Waals surface area contributed by atoms with Crippen LogP contribution in [-0.2, 0) is 13.1 Å².